The Balaban J connectivity index is 2.29. The van der Waals surface area contributed by atoms with Crippen molar-refractivity contribution < 1.29 is 18.0 Å². The number of thioether (sulfide) groups is 1. The predicted molar refractivity (Wildman–Crippen MR) is 53.0 cm³/mol. The summed E-state index contributed by atoms with van der Waals surface area (Å²) in [6, 6.07) is 0. The van der Waals surface area contributed by atoms with Gasteiger partial charge in [-0.1, -0.05) is 11.8 Å². The van der Waals surface area contributed by atoms with E-state index in [1.54, 1.807) is 29.3 Å². The van der Waals surface area contributed by atoms with E-state index in [9.17, 15) is 18.0 Å². The van der Waals surface area contributed by atoms with Gasteiger partial charge in [0.25, 0.3) is 0 Å². The van der Waals surface area contributed by atoms with Gasteiger partial charge in [-0.3, -0.25) is 4.79 Å². The standard InChI is InChI=1S/C8H10F3N3OS/c1-14-3-2-12-7(14)16-4-6(15)13-5-8(9,10)11/h2-3H,4-5H2,1H3,(H,13,15). The molecule has 0 aromatic carbocycles. The molecule has 1 N–H and O–H groups in total. The zero-order valence-electron chi connectivity index (χ0n) is 8.41. The van der Waals surface area contributed by atoms with Crippen molar-refractivity contribution in [3.05, 3.63) is 12.4 Å². The summed E-state index contributed by atoms with van der Waals surface area (Å²) in [5.41, 5.74) is 0. The fourth-order valence-corrected chi connectivity index (χ4v) is 1.63. The van der Waals surface area contributed by atoms with Gasteiger partial charge in [-0.25, -0.2) is 4.98 Å². The van der Waals surface area contributed by atoms with Crippen LogP contribution in [0.15, 0.2) is 17.6 Å². The van der Waals surface area contributed by atoms with E-state index in [1.807, 2.05) is 0 Å². The van der Waals surface area contributed by atoms with Crippen LogP contribution in [0.3, 0.4) is 0 Å². The Labute approximate surface area is 94.2 Å². The molecule has 1 amide bonds. The van der Waals surface area contributed by atoms with Gasteiger partial charge in [0.15, 0.2) is 5.16 Å². The molecule has 16 heavy (non-hydrogen) atoms. The first-order chi connectivity index (χ1) is 7.38. The molecule has 90 valence electrons. The van der Waals surface area contributed by atoms with E-state index in [0.717, 1.165) is 11.8 Å². The number of carbonyl (C=O) groups is 1. The molecule has 0 unspecified atom stereocenters. The third-order valence-corrected chi connectivity index (χ3v) is 2.65. The highest BCUT2D eigenvalue weighted by molar-refractivity contribution is 7.99. The molecule has 0 spiro atoms. The number of hydrogen-bond donors (Lipinski definition) is 1. The van der Waals surface area contributed by atoms with Gasteiger partial charge >= 0.3 is 6.18 Å². The van der Waals surface area contributed by atoms with Crippen LogP contribution in [0.1, 0.15) is 0 Å². The molecule has 0 radical (unpaired) electrons. The van der Waals surface area contributed by atoms with Crippen molar-refractivity contribution >= 4 is 17.7 Å². The number of hydrogen-bond acceptors (Lipinski definition) is 3. The van der Waals surface area contributed by atoms with Gasteiger partial charge in [-0.2, -0.15) is 13.2 Å². The van der Waals surface area contributed by atoms with E-state index in [1.165, 1.54) is 0 Å². The zero-order valence-corrected chi connectivity index (χ0v) is 9.23. The van der Waals surface area contributed by atoms with Crippen molar-refractivity contribution in [2.45, 2.75) is 11.3 Å². The van der Waals surface area contributed by atoms with Gasteiger partial charge in [0.1, 0.15) is 6.54 Å². The first-order valence-corrected chi connectivity index (χ1v) is 5.30. The van der Waals surface area contributed by atoms with Gasteiger partial charge in [-0.15, -0.1) is 0 Å². The molecule has 1 rings (SSSR count). The number of aromatic nitrogens is 2. The van der Waals surface area contributed by atoms with Crippen LogP contribution in [-0.2, 0) is 11.8 Å². The van der Waals surface area contributed by atoms with Crippen molar-refractivity contribution in [3.8, 4) is 0 Å². The number of alkyl halides is 3. The molecule has 0 fully saturated rings. The van der Waals surface area contributed by atoms with Crippen molar-refractivity contribution in [2.24, 2.45) is 7.05 Å². The molecule has 0 atom stereocenters. The SMILES string of the molecule is Cn1ccnc1SCC(=O)NCC(F)(F)F. The minimum atomic E-state index is -4.37. The second-order valence-electron chi connectivity index (χ2n) is 3.00. The summed E-state index contributed by atoms with van der Waals surface area (Å²) in [5, 5.41) is 2.37. The van der Waals surface area contributed by atoms with E-state index < -0.39 is 18.6 Å². The lowest BCUT2D eigenvalue weighted by Crippen LogP contribution is -2.34. The van der Waals surface area contributed by atoms with Crippen LogP contribution in [-0.4, -0.2) is 33.9 Å². The first kappa shape index (κ1) is 12.9. The largest absolute Gasteiger partial charge is 0.405 e. The maximum Gasteiger partial charge on any atom is 0.405 e. The van der Waals surface area contributed by atoms with Gasteiger partial charge in [0, 0.05) is 19.4 Å². The number of halogens is 3. The molecular weight excluding hydrogens is 243 g/mol. The third kappa shape index (κ3) is 4.56. The first-order valence-electron chi connectivity index (χ1n) is 4.32. The van der Waals surface area contributed by atoms with E-state index >= 15 is 0 Å². The smallest absolute Gasteiger partial charge is 0.346 e. The molecule has 0 saturated heterocycles. The number of imidazole rings is 1. The number of amides is 1. The molecule has 0 aliphatic carbocycles. The number of rotatable bonds is 4. The Kier molecular flexibility index (Phi) is 4.22. The minimum Gasteiger partial charge on any atom is -0.346 e. The van der Waals surface area contributed by atoms with Crippen LogP contribution in [0.4, 0.5) is 13.2 Å². The second kappa shape index (κ2) is 5.24. The fraction of sp³-hybridized carbons (Fsp3) is 0.500. The van der Waals surface area contributed by atoms with E-state index in [-0.39, 0.29) is 5.75 Å². The molecule has 0 saturated carbocycles. The van der Waals surface area contributed by atoms with Gasteiger partial charge in [-0.05, 0) is 0 Å². The lowest BCUT2D eigenvalue weighted by molar-refractivity contribution is -0.136. The highest BCUT2D eigenvalue weighted by Crippen LogP contribution is 2.15. The number of nitrogens with zero attached hydrogens (tertiary/aromatic N) is 2. The lowest BCUT2D eigenvalue weighted by Gasteiger charge is -2.07. The molecule has 0 aliphatic heterocycles. The third-order valence-electron chi connectivity index (χ3n) is 1.60. The maximum atomic E-state index is 11.8. The summed E-state index contributed by atoms with van der Waals surface area (Å²) in [6.45, 7) is -1.30. The molecule has 1 heterocycles. The van der Waals surface area contributed by atoms with Crippen LogP contribution in [0.5, 0.6) is 0 Å². The Morgan fingerprint density at radius 3 is 2.81 bits per heavy atom. The molecule has 1 aromatic heterocycles. The maximum absolute atomic E-state index is 11.8. The number of carbonyl (C=O) groups excluding carboxylic acids is 1. The van der Waals surface area contributed by atoms with Crippen LogP contribution in [0, 0.1) is 0 Å². The quantitative estimate of drug-likeness (QED) is 0.820. The molecule has 0 aliphatic rings. The van der Waals surface area contributed by atoms with Gasteiger partial charge in [0.2, 0.25) is 5.91 Å². The fourth-order valence-electron chi connectivity index (χ4n) is 0.871. The number of nitrogens with one attached hydrogen (secondary N) is 1. The Morgan fingerprint density at radius 2 is 2.31 bits per heavy atom. The van der Waals surface area contributed by atoms with Crippen LogP contribution in [0.2, 0.25) is 0 Å². The summed E-state index contributed by atoms with van der Waals surface area (Å²) >= 11 is 1.08. The van der Waals surface area contributed by atoms with E-state index in [2.05, 4.69) is 4.98 Å². The second-order valence-corrected chi connectivity index (χ2v) is 3.94. The van der Waals surface area contributed by atoms with Crippen LogP contribution in [0.25, 0.3) is 0 Å². The topological polar surface area (TPSA) is 46.9 Å². The van der Waals surface area contributed by atoms with E-state index in [4.69, 9.17) is 0 Å². The lowest BCUT2D eigenvalue weighted by atomic mass is 10.6. The van der Waals surface area contributed by atoms with Crippen LogP contribution < -0.4 is 5.32 Å². The summed E-state index contributed by atoms with van der Waals surface area (Å²) < 4.78 is 36.9. The summed E-state index contributed by atoms with van der Waals surface area (Å²) in [7, 11) is 1.74. The average molecular weight is 253 g/mol. The normalized spacial score (nSPS) is 11.5. The zero-order chi connectivity index (χ0) is 12.2. The predicted octanol–water partition coefficient (Wildman–Crippen LogP) is 1.19. The monoisotopic (exact) mass is 253 g/mol. The van der Waals surface area contributed by atoms with Crippen molar-refractivity contribution in [2.75, 3.05) is 12.3 Å². The van der Waals surface area contributed by atoms with Crippen molar-refractivity contribution in [3.63, 3.8) is 0 Å². The number of aryl methyl sites for hydroxylation is 1. The van der Waals surface area contributed by atoms with Gasteiger partial charge < -0.3 is 9.88 Å². The molecule has 4 nitrogen and oxygen atoms in total. The summed E-state index contributed by atoms with van der Waals surface area (Å²) in [5.74, 6) is -0.744. The summed E-state index contributed by atoms with van der Waals surface area (Å²) in [4.78, 5) is 14.9. The molecule has 0 bridgehead atoms. The molecule has 8 heteroatoms. The highest BCUT2D eigenvalue weighted by Gasteiger charge is 2.27. The molecular formula is C8H10F3N3OS. The average Bonchev–Trinajstić information content (AvgIpc) is 2.57. The Morgan fingerprint density at radius 1 is 1.62 bits per heavy atom. The van der Waals surface area contributed by atoms with Crippen molar-refractivity contribution in [1.29, 1.82) is 0 Å². The summed E-state index contributed by atoms with van der Waals surface area (Å²) in [6.07, 6.45) is -1.13. The Bertz CT molecular complexity index is 364. The molecule has 1 aromatic rings. The Hall–Kier alpha value is -1.18. The van der Waals surface area contributed by atoms with Crippen LogP contribution >= 0.6 is 11.8 Å². The van der Waals surface area contributed by atoms with Crippen molar-refractivity contribution in [1.82, 2.24) is 14.9 Å². The minimum absolute atomic E-state index is 0.0824. The van der Waals surface area contributed by atoms with Gasteiger partial charge in [0.05, 0.1) is 5.75 Å². The highest BCUT2D eigenvalue weighted by atomic mass is 32.2. The van der Waals surface area contributed by atoms with E-state index in [0.29, 0.717) is 5.16 Å².